The molecule has 2 rings (SSSR count). The highest BCUT2D eigenvalue weighted by atomic mass is 16.4. The van der Waals surface area contributed by atoms with E-state index in [0.29, 0.717) is 6.04 Å². The van der Waals surface area contributed by atoms with Crippen molar-refractivity contribution in [1.29, 1.82) is 0 Å². The largest absolute Gasteiger partial charge is 0.411 e. The molecule has 0 bridgehead atoms. The predicted octanol–water partition coefficient (Wildman–Crippen LogP) is 2.90. The third-order valence-electron chi connectivity index (χ3n) is 4.50. The Balaban J connectivity index is 2.04. The van der Waals surface area contributed by atoms with Crippen LogP contribution in [-0.2, 0) is 0 Å². The van der Waals surface area contributed by atoms with Crippen molar-refractivity contribution in [3.8, 4) is 0 Å². The number of allylic oxidation sites excluding steroid dienone is 4. The molecule has 2 aliphatic rings. The number of hydrogen-bond acceptors (Lipinski definition) is 4. The van der Waals surface area contributed by atoms with Crippen molar-refractivity contribution in [3.63, 3.8) is 0 Å². The number of piperazine rings is 1. The van der Waals surface area contributed by atoms with E-state index >= 15 is 0 Å². The van der Waals surface area contributed by atoms with E-state index in [2.05, 4.69) is 46.3 Å². The molecule has 118 valence electrons. The van der Waals surface area contributed by atoms with Crippen molar-refractivity contribution in [2.24, 2.45) is 5.16 Å². The zero-order valence-electron chi connectivity index (χ0n) is 13.2. The summed E-state index contributed by atoms with van der Waals surface area (Å²) >= 11 is 0. The van der Waals surface area contributed by atoms with E-state index in [4.69, 9.17) is 0 Å². The number of nitrogens with zero attached hydrogens (tertiary/aromatic N) is 3. The Kier molecular flexibility index (Phi) is 6.96. The van der Waals surface area contributed by atoms with Gasteiger partial charge in [0.05, 0.1) is 11.8 Å². The van der Waals surface area contributed by atoms with Crippen molar-refractivity contribution < 1.29 is 5.21 Å². The van der Waals surface area contributed by atoms with Gasteiger partial charge >= 0.3 is 0 Å². The summed E-state index contributed by atoms with van der Waals surface area (Å²) in [5, 5.41) is 13.1. The lowest BCUT2D eigenvalue weighted by Crippen LogP contribution is -2.51. The first-order valence-corrected chi connectivity index (χ1v) is 8.24. The van der Waals surface area contributed by atoms with Crippen molar-refractivity contribution in [3.05, 3.63) is 24.3 Å². The van der Waals surface area contributed by atoms with Gasteiger partial charge in [0.1, 0.15) is 0 Å². The van der Waals surface area contributed by atoms with Gasteiger partial charge in [0.15, 0.2) is 0 Å². The molecule has 1 unspecified atom stereocenters. The maximum absolute atomic E-state index is 9.46. The predicted molar refractivity (Wildman–Crippen MR) is 88.1 cm³/mol. The van der Waals surface area contributed by atoms with E-state index < -0.39 is 0 Å². The summed E-state index contributed by atoms with van der Waals surface area (Å²) < 4.78 is 0. The van der Waals surface area contributed by atoms with Gasteiger partial charge in [-0.2, -0.15) is 0 Å². The van der Waals surface area contributed by atoms with Gasteiger partial charge in [0.2, 0.25) is 0 Å². The number of rotatable bonds is 1. The van der Waals surface area contributed by atoms with Crippen molar-refractivity contribution in [2.45, 2.75) is 44.6 Å². The second-order valence-corrected chi connectivity index (χ2v) is 6.08. The molecule has 1 saturated heterocycles. The fourth-order valence-corrected chi connectivity index (χ4v) is 3.13. The molecular weight excluding hydrogens is 262 g/mol. The first-order valence-electron chi connectivity index (χ1n) is 8.24. The van der Waals surface area contributed by atoms with Crippen LogP contribution in [0.3, 0.4) is 0 Å². The molecular formula is C17H29N3O. The summed E-state index contributed by atoms with van der Waals surface area (Å²) in [5.41, 5.74) is 0.957. The molecule has 0 aromatic heterocycles. The third-order valence-corrected chi connectivity index (χ3v) is 4.50. The molecule has 1 aliphatic heterocycles. The van der Waals surface area contributed by atoms with Crippen LogP contribution in [0.25, 0.3) is 0 Å². The highest BCUT2D eigenvalue weighted by Gasteiger charge is 2.26. The van der Waals surface area contributed by atoms with Gasteiger partial charge in [-0.15, -0.1) is 0 Å². The Morgan fingerprint density at radius 1 is 0.952 bits per heavy atom. The van der Waals surface area contributed by atoms with Crippen LogP contribution < -0.4 is 0 Å². The summed E-state index contributed by atoms with van der Waals surface area (Å²) in [6.07, 6.45) is 15.3. The molecule has 4 heteroatoms. The average Bonchev–Trinajstić information content (AvgIpc) is 2.49. The molecule has 0 spiro atoms. The maximum Gasteiger partial charge on any atom is 0.0745 e. The molecule has 1 aliphatic carbocycles. The quantitative estimate of drug-likeness (QED) is 0.459. The third kappa shape index (κ3) is 5.29. The van der Waals surface area contributed by atoms with Crippen LogP contribution in [0.5, 0.6) is 0 Å². The van der Waals surface area contributed by atoms with Crippen LogP contribution >= 0.6 is 0 Å². The van der Waals surface area contributed by atoms with Gasteiger partial charge in [0, 0.05) is 26.2 Å². The van der Waals surface area contributed by atoms with Gasteiger partial charge in [0.25, 0.3) is 0 Å². The molecule has 1 N–H and O–H groups in total. The SMILES string of the molecule is CN1CCN(C2CC/C=C/CC/C=C/CC/C2=N/O)CC1. The second-order valence-electron chi connectivity index (χ2n) is 6.08. The number of hydrogen-bond donors (Lipinski definition) is 1. The molecule has 0 aromatic carbocycles. The van der Waals surface area contributed by atoms with Crippen LogP contribution in [0.4, 0.5) is 0 Å². The Morgan fingerprint density at radius 2 is 1.57 bits per heavy atom. The molecule has 21 heavy (non-hydrogen) atoms. The summed E-state index contributed by atoms with van der Waals surface area (Å²) in [7, 11) is 2.17. The molecule has 0 amide bonds. The highest BCUT2D eigenvalue weighted by Crippen LogP contribution is 2.17. The maximum atomic E-state index is 9.46. The van der Waals surface area contributed by atoms with E-state index in [1.807, 2.05) is 0 Å². The van der Waals surface area contributed by atoms with E-state index in [0.717, 1.165) is 70.4 Å². The summed E-state index contributed by atoms with van der Waals surface area (Å²) in [4.78, 5) is 4.86. The average molecular weight is 291 g/mol. The van der Waals surface area contributed by atoms with E-state index in [1.54, 1.807) is 0 Å². The highest BCUT2D eigenvalue weighted by molar-refractivity contribution is 5.89. The summed E-state index contributed by atoms with van der Waals surface area (Å²) in [6.45, 7) is 4.34. The lowest BCUT2D eigenvalue weighted by Gasteiger charge is -2.38. The second kappa shape index (κ2) is 9.00. The van der Waals surface area contributed by atoms with E-state index in [-0.39, 0.29) is 0 Å². The minimum atomic E-state index is 0.293. The molecule has 1 fully saturated rings. The molecule has 0 radical (unpaired) electrons. The number of oxime groups is 1. The molecule has 0 saturated carbocycles. The van der Waals surface area contributed by atoms with Gasteiger partial charge in [-0.05, 0) is 45.6 Å². The zero-order valence-corrected chi connectivity index (χ0v) is 13.2. The van der Waals surface area contributed by atoms with Gasteiger partial charge in [-0.3, -0.25) is 4.90 Å². The van der Waals surface area contributed by atoms with Gasteiger partial charge in [-0.25, -0.2) is 0 Å². The topological polar surface area (TPSA) is 39.1 Å². The lowest BCUT2D eigenvalue weighted by atomic mass is 9.98. The van der Waals surface area contributed by atoms with Crippen LogP contribution in [0.1, 0.15) is 38.5 Å². The lowest BCUT2D eigenvalue weighted by molar-refractivity contribution is 0.130. The van der Waals surface area contributed by atoms with Crippen molar-refractivity contribution in [1.82, 2.24) is 9.80 Å². The Labute approximate surface area is 128 Å². The Bertz CT molecular complexity index is 381. The van der Waals surface area contributed by atoms with E-state index in [1.165, 1.54) is 0 Å². The van der Waals surface area contributed by atoms with Crippen LogP contribution in [-0.4, -0.2) is 60.0 Å². The zero-order chi connectivity index (χ0) is 14.9. The minimum Gasteiger partial charge on any atom is -0.411 e. The monoisotopic (exact) mass is 291 g/mol. The van der Waals surface area contributed by atoms with Gasteiger partial charge in [-0.1, -0.05) is 29.5 Å². The van der Waals surface area contributed by atoms with E-state index in [9.17, 15) is 5.21 Å². The first-order chi connectivity index (χ1) is 10.3. The Morgan fingerprint density at radius 3 is 2.24 bits per heavy atom. The van der Waals surface area contributed by atoms with Gasteiger partial charge < -0.3 is 10.1 Å². The molecule has 1 atom stereocenters. The number of likely N-dealkylation sites (N-methyl/N-ethyl adjacent to an activating group) is 1. The normalized spacial score (nSPS) is 32.2. The van der Waals surface area contributed by atoms with Crippen LogP contribution in [0.2, 0.25) is 0 Å². The van der Waals surface area contributed by atoms with Crippen LogP contribution in [0.15, 0.2) is 29.5 Å². The fraction of sp³-hybridized carbons (Fsp3) is 0.706. The standard InChI is InChI=1S/C17H29N3O/c1-19-12-14-20(15-13-19)17-11-9-7-5-3-2-4-6-8-10-16(17)18-21/h4-7,17,21H,2-3,8-15H2,1H3/b6-4+,7-5+,18-16-. The molecule has 0 aromatic rings. The fourth-order valence-electron chi connectivity index (χ4n) is 3.13. The summed E-state index contributed by atoms with van der Waals surface area (Å²) in [6, 6.07) is 0.293. The Hall–Kier alpha value is -1.13. The molecule has 4 nitrogen and oxygen atoms in total. The summed E-state index contributed by atoms with van der Waals surface area (Å²) in [5.74, 6) is 0. The van der Waals surface area contributed by atoms with Crippen LogP contribution in [0, 0.1) is 0 Å². The smallest absolute Gasteiger partial charge is 0.0745 e. The minimum absolute atomic E-state index is 0.293. The van der Waals surface area contributed by atoms with Crippen molar-refractivity contribution in [2.75, 3.05) is 33.2 Å². The molecule has 1 heterocycles. The first kappa shape index (κ1) is 16.2. The van der Waals surface area contributed by atoms with Crippen molar-refractivity contribution >= 4 is 5.71 Å².